The van der Waals surface area contributed by atoms with E-state index in [1.165, 1.54) is 0 Å². The molecule has 1 aromatic carbocycles. The predicted octanol–water partition coefficient (Wildman–Crippen LogP) is 1.89. The smallest absolute Gasteiger partial charge is 0.246 e. The minimum atomic E-state index is -3.33. The van der Waals surface area contributed by atoms with E-state index in [2.05, 4.69) is 20.5 Å². The molecule has 1 aromatic heterocycles. The van der Waals surface area contributed by atoms with E-state index in [9.17, 15) is 13.2 Å². The average Bonchev–Trinajstić information content (AvgIpc) is 2.96. The highest BCUT2D eigenvalue weighted by atomic mass is 35.5. The third-order valence-electron chi connectivity index (χ3n) is 3.51. The van der Waals surface area contributed by atoms with Crippen LogP contribution >= 0.6 is 12.4 Å². The molecule has 1 atom stereocenters. The number of rotatable bonds is 8. The van der Waals surface area contributed by atoms with E-state index < -0.39 is 16.1 Å². The van der Waals surface area contributed by atoms with E-state index in [4.69, 9.17) is 0 Å². The maximum Gasteiger partial charge on any atom is 0.246 e. The van der Waals surface area contributed by atoms with Gasteiger partial charge < -0.3 is 10.6 Å². The zero-order valence-electron chi connectivity index (χ0n) is 14.9. The van der Waals surface area contributed by atoms with Crippen molar-refractivity contribution in [2.45, 2.75) is 19.4 Å². The molecule has 0 spiro atoms. The van der Waals surface area contributed by atoms with Gasteiger partial charge in [0.15, 0.2) is 0 Å². The second-order valence-electron chi connectivity index (χ2n) is 5.66. The number of likely N-dealkylation sites (N-methyl/N-ethyl adjacent to an activating group) is 1. The normalized spacial score (nSPS) is 12.1. The Balaban J connectivity index is 0.00000338. The monoisotopic (exact) mass is 401 g/mol. The Morgan fingerprint density at radius 3 is 2.35 bits per heavy atom. The van der Waals surface area contributed by atoms with Crippen LogP contribution in [-0.2, 0) is 21.9 Å². The number of anilines is 2. The van der Waals surface area contributed by atoms with Gasteiger partial charge in [-0.2, -0.15) is 5.10 Å². The summed E-state index contributed by atoms with van der Waals surface area (Å²) in [6.45, 7) is 1.80. The van der Waals surface area contributed by atoms with Gasteiger partial charge in [0.25, 0.3) is 0 Å². The number of hydrogen-bond acceptors (Lipinski definition) is 5. The lowest BCUT2D eigenvalue weighted by molar-refractivity contribution is -0.118. The quantitative estimate of drug-likeness (QED) is 0.626. The first-order chi connectivity index (χ1) is 11.8. The molecule has 0 aliphatic rings. The van der Waals surface area contributed by atoms with Crippen molar-refractivity contribution in [1.29, 1.82) is 0 Å². The maximum absolute atomic E-state index is 12.4. The number of aryl methyl sites for hydroxylation is 1. The van der Waals surface area contributed by atoms with Crippen molar-refractivity contribution in [3.05, 3.63) is 42.2 Å². The summed E-state index contributed by atoms with van der Waals surface area (Å²) in [5.41, 5.74) is 1.79. The number of aromatic nitrogens is 2. The largest absolute Gasteiger partial charge is 0.324 e. The molecule has 10 heteroatoms. The Morgan fingerprint density at radius 1 is 1.23 bits per heavy atom. The molecule has 0 radical (unpaired) electrons. The summed E-state index contributed by atoms with van der Waals surface area (Å²) < 4.78 is 27.6. The highest BCUT2D eigenvalue weighted by molar-refractivity contribution is 7.92. The van der Waals surface area contributed by atoms with E-state index in [0.717, 1.165) is 5.56 Å². The third kappa shape index (κ3) is 6.01. The first kappa shape index (κ1) is 21.9. The van der Waals surface area contributed by atoms with Gasteiger partial charge in [-0.1, -0.05) is 6.92 Å². The minimum absolute atomic E-state index is 0. The fourth-order valence-corrected chi connectivity index (χ4v) is 3.51. The van der Waals surface area contributed by atoms with Crippen molar-refractivity contribution in [2.75, 3.05) is 22.8 Å². The van der Waals surface area contributed by atoms with Crippen LogP contribution in [0.2, 0.25) is 0 Å². The lowest BCUT2D eigenvalue weighted by Gasteiger charge is -2.15. The summed E-state index contributed by atoms with van der Waals surface area (Å²) in [7, 11) is 0.153. The lowest BCUT2D eigenvalue weighted by atomic mass is 10.1. The zero-order valence-corrected chi connectivity index (χ0v) is 16.5. The molecule has 3 N–H and O–H groups in total. The van der Waals surface area contributed by atoms with Crippen molar-refractivity contribution in [3.63, 3.8) is 0 Å². The van der Waals surface area contributed by atoms with Gasteiger partial charge in [0.1, 0.15) is 6.04 Å². The number of benzene rings is 1. The molecule has 2 aromatic rings. The topological polar surface area (TPSA) is 105 Å². The Morgan fingerprint density at radius 2 is 1.85 bits per heavy atom. The van der Waals surface area contributed by atoms with Crippen LogP contribution in [0.15, 0.2) is 36.7 Å². The highest BCUT2D eigenvalue weighted by Gasteiger charge is 2.20. The molecule has 1 unspecified atom stereocenters. The van der Waals surface area contributed by atoms with E-state index in [1.54, 1.807) is 62.4 Å². The lowest BCUT2D eigenvalue weighted by Crippen LogP contribution is -2.30. The average molecular weight is 402 g/mol. The number of hydrogen-bond donors (Lipinski definition) is 3. The van der Waals surface area contributed by atoms with E-state index in [0.29, 0.717) is 17.8 Å². The van der Waals surface area contributed by atoms with Gasteiger partial charge in [0, 0.05) is 30.2 Å². The van der Waals surface area contributed by atoms with Gasteiger partial charge in [-0.25, -0.2) is 8.42 Å². The van der Waals surface area contributed by atoms with Gasteiger partial charge in [-0.15, -0.1) is 12.4 Å². The number of sulfonamides is 1. The standard InChI is InChI=1S/C16H23N5O3S.ClH/c1-4-9-25(23,24)20-14-7-5-13(6-8-14)19-16(22)15(17-2)12-10-18-21(3)11-12;/h5-8,10-11,15,17,20H,4,9H2,1-3H3,(H,19,22);1H. The Kier molecular flexibility index (Phi) is 8.07. The number of halogens is 1. The second kappa shape index (κ2) is 9.56. The summed E-state index contributed by atoms with van der Waals surface area (Å²) in [6.07, 6.45) is 3.95. The fraction of sp³-hybridized carbons (Fsp3) is 0.375. The zero-order chi connectivity index (χ0) is 18.4. The summed E-state index contributed by atoms with van der Waals surface area (Å²) >= 11 is 0. The molecule has 144 valence electrons. The molecule has 0 aliphatic carbocycles. The molecule has 8 nitrogen and oxygen atoms in total. The molecular formula is C16H24ClN5O3S. The van der Waals surface area contributed by atoms with E-state index >= 15 is 0 Å². The van der Waals surface area contributed by atoms with E-state index in [1.807, 2.05) is 0 Å². The molecule has 0 aliphatic heterocycles. The first-order valence-corrected chi connectivity index (χ1v) is 9.57. The Bertz CT molecular complexity index is 821. The third-order valence-corrected chi connectivity index (χ3v) is 5.00. The maximum atomic E-state index is 12.4. The molecule has 26 heavy (non-hydrogen) atoms. The SMILES string of the molecule is CCCS(=O)(=O)Nc1ccc(NC(=O)C(NC)c2cnn(C)c2)cc1.Cl. The van der Waals surface area contributed by atoms with Crippen LogP contribution < -0.4 is 15.4 Å². The van der Waals surface area contributed by atoms with E-state index in [-0.39, 0.29) is 24.1 Å². The number of nitrogens with zero attached hydrogens (tertiary/aromatic N) is 2. The first-order valence-electron chi connectivity index (χ1n) is 7.92. The summed E-state index contributed by atoms with van der Waals surface area (Å²) in [4.78, 5) is 12.4. The number of nitrogens with one attached hydrogen (secondary N) is 3. The highest BCUT2D eigenvalue weighted by Crippen LogP contribution is 2.18. The van der Waals surface area contributed by atoms with Gasteiger partial charge in [0.2, 0.25) is 15.9 Å². The molecule has 0 bridgehead atoms. The van der Waals surface area contributed by atoms with Crippen LogP contribution in [0.25, 0.3) is 0 Å². The van der Waals surface area contributed by atoms with Crippen LogP contribution in [-0.4, -0.2) is 36.9 Å². The molecule has 1 heterocycles. The van der Waals surface area contributed by atoms with Crippen molar-refractivity contribution < 1.29 is 13.2 Å². The second-order valence-corrected chi connectivity index (χ2v) is 7.50. The number of amides is 1. The number of carbonyl (C=O) groups is 1. The Labute approximate surface area is 159 Å². The molecule has 1 amide bonds. The summed E-state index contributed by atoms with van der Waals surface area (Å²) in [6, 6.07) is 5.99. The molecule has 0 saturated heterocycles. The molecular weight excluding hydrogens is 378 g/mol. The van der Waals surface area contributed by atoms with Crippen molar-refractivity contribution in [3.8, 4) is 0 Å². The van der Waals surface area contributed by atoms with Crippen LogP contribution in [0, 0.1) is 0 Å². The van der Waals surface area contributed by atoms with Crippen molar-refractivity contribution in [1.82, 2.24) is 15.1 Å². The van der Waals surface area contributed by atoms with Gasteiger partial charge in [-0.05, 0) is 37.7 Å². The predicted molar refractivity (Wildman–Crippen MR) is 105 cm³/mol. The van der Waals surface area contributed by atoms with Crippen molar-refractivity contribution in [2.24, 2.45) is 7.05 Å². The summed E-state index contributed by atoms with van der Waals surface area (Å²) in [5.74, 6) is -0.157. The van der Waals surface area contributed by atoms with Crippen LogP contribution in [0.4, 0.5) is 11.4 Å². The van der Waals surface area contributed by atoms with Crippen LogP contribution in [0.1, 0.15) is 24.9 Å². The van der Waals surface area contributed by atoms with Gasteiger partial charge >= 0.3 is 0 Å². The Hall–Kier alpha value is -2.10. The summed E-state index contributed by atoms with van der Waals surface area (Å²) in [5, 5.41) is 9.82. The van der Waals surface area contributed by atoms with Gasteiger partial charge in [-0.3, -0.25) is 14.2 Å². The molecule has 0 saturated carbocycles. The van der Waals surface area contributed by atoms with Crippen LogP contribution in [0.3, 0.4) is 0 Å². The number of carbonyl (C=O) groups excluding carboxylic acids is 1. The molecule has 2 rings (SSSR count). The molecule has 0 fully saturated rings. The minimum Gasteiger partial charge on any atom is -0.324 e. The van der Waals surface area contributed by atoms with Crippen molar-refractivity contribution >= 4 is 39.7 Å². The van der Waals surface area contributed by atoms with Crippen LogP contribution in [0.5, 0.6) is 0 Å². The van der Waals surface area contributed by atoms with Gasteiger partial charge in [0.05, 0.1) is 11.9 Å². The fourth-order valence-electron chi connectivity index (χ4n) is 2.37.